The fraction of sp³-hybridized carbons (Fsp3) is 0.286. The molecule has 1 N–H and O–H groups in total. The van der Waals surface area contributed by atoms with Crippen molar-refractivity contribution in [2.45, 2.75) is 23.8 Å². The molecular formula is C21H22N4O6S. The number of amides is 1. The highest BCUT2D eigenvalue weighted by Gasteiger charge is 2.35. The lowest BCUT2D eigenvalue weighted by Gasteiger charge is -2.16. The minimum atomic E-state index is -3.57. The van der Waals surface area contributed by atoms with E-state index in [1.807, 2.05) is 0 Å². The van der Waals surface area contributed by atoms with Gasteiger partial charge in [-0.3, -0.25) is 10.1 Å². The summed E-state index contributed by atoms with van der Waals surface area (Å²) in [5, 5.41) is 10.3. The van der Waals surface area contributed by atoms with Crippen molar-refractivity contribution in [1.29, 1.82) is 0 Å². The molecule has 1 aliphatic carbocycles. The number of nitrogens with one attached hydrogen (secondary N) is 1. The molecule has 168 valence electrons. The lowest BCUT2D eigenvalue weighted by molar-refractivity contribution is 0.102. The van der Waals surface area contributed by atoms with Gasteiger partial charge in [0.05, 0.1) is 19.1 Å². The SMILES string of the molecule is COc1ccc(-c2nnc(NC(=O)c3ccc(S(=O)(=O)N(C)C4CC4)cc3)o2)cc1OC. The van der Waals surface area contributed by atoms with E-state index in [2.05, 4.69) is 15.5 Å². The van der Waals surface area contributed by atoms with Gasteiger partial charge in [0.2, 0.25) is 15.9 Å². The maximum atomic E-state index is 12.6. The zero-order valence-electron chi connectivity index (χ0n) is 17.7. The van der Waals surface area contributed by atoms with Crippen LogP contribution in [-0.2, 0) is 10.0 Å². The van der Waals surface area contributed by atoms with Gasteiger partial charge in [0.1, 0.15) is 0 Å². The number of ether oxygens (including phenoxy) is 2. The number of benzene rings is 2. The molecule has 11 heteroatoms. The highest BCUT2D eigenvalue weighted by Crippen LogP contribution is 2.32. The first-order valence-corrected chi connectivity index (χ1v) is 11.2. The van der Waals surface area contributed by atoms with Crippen molar-refractivity contribution in [3.63, 3.8) is 0 Å². The first-order valence-electron chi connectivity index (χ1n) is 9.79. The van der Waals surface area contributed by atoms with Gasteiger partial charge in [-0.25, -0.2) is 8.42 Å². The van der Waals surface area contributed by atoms with Crippen molar-refractivity contribution in [2.24, 2.45) is 0 Å². The molecule has 1 aromatic heterocycles. The third-order valence-corrected chi connectivity index (χ3v) is 7.05. The van der Waals surface area contributed by atoms with Crippen LogP contribution in [0.5, 0.6) is 11.5 Å². The van der Waals surface area contributed by atoms with E-state index >= 15 is 0 Å². The molecule has 1 heterocycles. The number of hydrogen-bond donors (Lipinski definition) is 1. The molecule has 1 amide bonds. The van der Waals surface area contributed by atoms with Crippen molar-refractivity contribution in [3.05, 3.63) is 48.0 Å². The standard InChI is InChI=1S/C21H22N4O6S/c1-25(15-7-8-15)32(27,28)16-9-4-13(5-10-16)19(26)22-21-24-23-20(31-21)14-6-11-17(29-2)18(12-14)30-3/h4-6,9-12,15H,7-8H2,1-3H3,(H,22,24,26). The van der Waals surface area contributed by atoms with Gasteiger partial charge in [-0.05, 0) is 55.3 Å². The van der Waals surface area contributed by atoms with E-state index < -0.39 is 15.9 Å². The molecule has 1 aliphatic rings. The minimum Gasteiger partial charge on any atom is -0.493 e. The van der Waals surface area contributed by atoms with E-state index in [9.17, 15) is 13.2 Å². The number of hydrogen-bond acceptors (Lipinski definition) is 8. The average molecular weight is 458 g/mol. The Morgan fingerprint density at radius 2 is 1.75 bits per heavy atom. The van der Waals surface area contributed by atoms with E-state index in [1.54, 1.807) is 25.2 Å². The lowest BCUT2D eigenvalue weighted by atomic mass is 10.2. The van der Waals surface area contributed by atoms with Gasteiger partial charge in [-0.2, -0.15) is 4.31 Å². The van der Waals surface area contributed by atoms with Crippen LogP contribution in [0.3, 0.4) is 0 Å². The summed E-state index contributed by atoms with van der Waals surface area (Å²) in [4.78, 5) is 12.7. The Hall–Kier alpha value is -3.44. The summed E-state index contributed by atoms with van der Waals surface area (Å²) in [5.41, 5.74) is 0.842. The molecule has 1 fully saturated rings. The van der Waals surface area contributed by atoms with Crippen LogP contribution in [0.25, 0.3) is 11.5 Å². The maximum absolute atomic E-state index is 12.6. The van der Waals surface area contributed by atoms with Crippen LogP contribution >= 0.6 is 0 Å². The van der Waals surface area contributed by atoms with Crippen molar-refractivity contribution in [1.82, 2.24) is 14.5 Å². The van der Waals surface area contributed by atoms with Crippen molar-refractivity contribution >= 4 is 21.9 Å². The van der Waals surface area contributed by atoms with Crippen LogP contribution in [0.2, 0.25) is 0 Å². The zero-order valence-corrected chi connectivity index (χ0v) is 18.5. The summed E-state index contributed by atoms with van der Waals surface area (Å²) in [5.74, 6) is 0.729. The van der Waals surface area contributed by atoms with Crippen molar-refractivity contribution in [2.75, 3.05) is 26.6 Å². The molecule has 0 bridgehead atoms. The molecule has 0 unspecified atom stereocenters. The summed E-state index contributed by atoms with van der Waals surface area (Å²) in [7, 11) is 1.04. The van der Waals surface area contributed by atoms with Gasteiger partial charge in [-0.1, -0.05) is 5.10 Å². The average Bonchev–Trinajstić information content (AvgIpc) is 3.56. The van der Waals surface area contributed by atoms with Gasteiger partial charge in [0.15, 0.2) is 11.5 Å². The quantitative estimate of drug-likeness (QED) is 0.546. The van der Waals surface area contributed by atoms with Crippen LogP contribution in [0.15, 0.2) is 51.8 Å². The molecule has 3 aromatic rings. The first kappa shape index (κ1) is 21.8. The Bertz CT molecular complexity index is 1240. The van der Waals surface area contributed by atoms with E-state index in [4.69, 9.17) is 13.9 Å². The predicted octanol–water partition coefficient (Wildman–Crippen LogP) is 2.79. The second-order valence-electron chi connectivity index (χ2n) is 7.21. The molecule has 0 saturated heterocycles. The van der Waals surface area contributed by atoms with Crippen molar-refractivity contribution in [3.8, 4) is 23.0 Å². The number of aromatic nitrogens is 2. The summed E-state index contributed by atoms with van der Waals surface area (Å²) in [6.07, 6.45) is 1.73. The predicted molar refractivity (Wildman–Crippen MR) is 115 cm³/mol. The van der Waals surface area contributed by atoms with E-state index in [1.165, 1.54) is 42.8 Å². The van der Waals surface area contributed by atoms with E-state index in [0.717, 1.165) is 12.8 Å². The number of sulfonamides is 1. The zero-order chi connectivity index (χ0) is 22.9. The van der Waals surface area contributed by atoms with Gasteiger partial charge in [-0.15, -0.1) is 5.10 Å². The molecule has 0 aliphatic heterocycles. The fourth-order valence-electron chi connectivity index (χ4n) is 3.11. The first-order chi connectivity index (χ1) is 15.3. The number of anilines is 1. The molecule has 0 spiro atoms. The maximum Gasteiger partial charge on any atom is 0.322 e. The van der Waals surface area contributed by atoms with Gasteiger partial charge in [0, 0.05) is 24.2 Å². The van der Waals surface area contributed by atoms with Gasteiger partial charge in [0.25, 0.3) is 5.91 Å². The fourth-order valence-corrected chi connectivity index (χ4v) is 4.52. The number of rotatable bonds is 8. The smallest absolute Gasteiger partial charge is 0.322 e. The Balaban J connectivity index is 1.46. The summed E-state index contributed by atoms with van der Waals surface area (Å²) < 4.78 is 42.5. The molecule has 2 aromatic carbocycles. The van der Waals surface area contributed by atoms with E-state index in [0.29, 0.717) is 17.1 Å². The molecule has 4 rings (SSSR count). The molecular weight excluding hydrogens is 436 g/mol. The topological polar surface area (TPSA) is 124 Å². The Labute approximate surface area is 185 Å². The molecule has 0 atom stereocenters. The molecule has 0 radical (unpaired) electrons. The highest BCUT2D eigenvalue weighted by molar-refractivity contribution is 7.89. The number of methoxy groups -OCH3 is 2. The number of carbonyl (C=O) groups is 1. The minimum absolute atomic E-state index is 0.0559. The number of nitrogens with zero attached hydrogens (tertiary/aromatic N) is 3. The van der Waals surface area contributed by atoms with E-state index in [-0.39, 0.29) is 28.4 Å². The Morgan fingerprint density at radius 3 is 2.38 bits per heavy atom. The second kappa shape index (κ2) is 8.60. The Kier molecular flexibility index (Phi) is 5.85. The van der Waals surface area contributed by atoms with Crippen LogP contribution in [0.4, 0.5) is 6.01 Å². The van der Waals surface area contributed by atoms with Crippen LogP contribution < -0.4 is 14.8 Å². The molecule has 10 nitrogen and oxygen atoms in total. The molecule has 32 heavy (non-hydrogen) atoms. The second-order valence-corrected chi connectivity index (χ2v) is 9.21. The highest BCUT2D eigenvalue weighted by atomic mass is 32.2. The summed E-state index contributed by atoms with van der Waals surface area (Å²) in [6, 6.07) is 10.8. The third kappa shape index (κ3) is 4.30. The van der Waals surface area contributed by atoms with Crippen LogP contribution in [-0.4, -0.2) is 56.1 Å². The normalized spacial score (nSPS) is 13.8. The largest absolute Gasteiger partial charge is 0.493 e. The van der Waals surface area contributed by atoms with Gasteiger partial charge < -0.3 is 13.9 Å². The van der Waals surface area contributed by atoms with Crippen LogP contribution in [0.1, 0.15) is 23.2 Å². The Morgan fingerprint density at radius 1 is 1.06 bits per heavy atom. The van der Waals surface area contributed by atoms with Crippen LogP contribution in [0, 0.1) is 0 Å². The van der Waals surface area contributed by atoms with Gasteiger partial charge >= 0.3 is 6.01 Å². The lowest BCUT2D eigenvalue weighted by Crippen LogP contribution is -2.29. The summed E-state index contributed by atoms with van der Waals surface area (Å²) in [6.45, 7) is 0. The number of carbonyl (C=O) groups excluding carboxylic acids is 1. The monoisotopic (exact) mass is 458 g/mol. The molecule has 1 saturated carbocycles. The van der Waals surface area contributed by atoms with Crippen molar-refractivity contribution < 1.29 is 27.1 Å². The third-order valence-electron chi connectivity index (χ3n) is 5.13. The summed E-state index contributed by atoms with van der Waals surface area (Å²) >= 11 is 0.